The normalized spacial score (nSPS) is 18.5. The lowest BCUT2D eigenvalue weighted by molar-refractivity contribution is -0.674. The number of para-hydroxylation sites is 1. The summed E-state index contributed by atoms with van der Waals surface area (Å²) in [6, 6.07) is 13.0. The molecule has 1 atom stereocenters. The monoisotopic (exact) mass is 301 g/mol. The summed E-state index contributed by atoms with van der Waals surface area (Å²) >= 11 is 1.72. The number of thiophene rings is 1. The summed E-state index contributed by atoms with van der Waals surface area (Å²) in [5.41, 5.74) is 0.668. The van der Waals surface area contributed by atoms with Gasteiger partial charge in [0, 0.05) is 11.3 Å². The van der Waals surface area contributed by atoms with Crippen molar-refractivity contribution < 1.29 is 14.9 Å². The Morgan fingerprint density at radius 1 is 1.14 bits per heavy atom. The molecular weight excluding hydrogens is 284 g/mol. The Morgan fingerprint density at radius 2 is 1.95 bits per heavy atom. The van der Waals surface area contributed by atoms with Crippen molar-refractivity contribution in [2.24, 2.45) is 0 Å². The van der Waals surface area contributed by atoms with Gasteiger partial charge in [-0.25, -0.2) is 4.90 Å². The number of quaternary nitrogens is 1. The van der Waals surface area contributed by atoms with Crippen LogP contribution in [0.2, 0.25) is 0 Å². The minimum absolute atomic E-state index is 0.0996. The molecule has 3 rings (SSSR count). The minimum atomic E-state index is -0.280. The fourth-order valence-corrected chi connectivity index (χ4v) is 3.29. The molecule has 5 heteroatoms. The molecule has 2 N–H and O–H groups in total. The Morgan fingerprint density at radius 3 is 2.67 bits per heavy atom. The maximum absolute atomic E-state index is 12.4. The van der Waals surface area contributed by atoms with Gasteiger partial charge in [0.25, 0.3) is 5.91 Å². The minimum Gasteiger partial charge on any atom is -0.335 e. The van der Waals surface area contributed by atoms with Crippen molar-refractivity contribution in [3.05, 3.63) is 52.7 Å². The van der Waals surface area contributed by atoms with Crippen molar-refractivity contribution >= 4 is 28.8 Å². The number of carbonyl (C=O) groups excluding carboxylic acids is 2. The predicted octanol–water partition coefficient (Wildman–Crippen LogP) is 1.19. The first-order chi connectivity index (χ1) is 10.3. The summed E-state index contributed by atoms with van der Waals surface area (Å²) < 4.78 is 0. The van der Waals surface area contributed by atoms with E-state index in [-0.39, 0.29) is 24.3 Å². The van der Waals surface area contributed by atoms with E-state index in [9.17, 15) is 9.59 Å². The maximum atomic E-state index is 12.4. The van der Waals surface area contributed by atoms with Crippen LogP contribution in [0.5, 0.6) is 0 Å². The summed E-state index contributed by atoms with van der Waals surface area (Å²) in [5.74, 6) is -0.207. The zero-order chi connectivity index (χ0) is 14.7. The number of nitrogens with zero attached hydrogens (tertiary/aromatic N) is 1. The summed E-state index contributed by atoms with van der Waals surface area (Å²) in [5, 5.41) is 4.04. The highest BCUT2D eigenvalue weighted by molar-refractivity contribution is 7.09. The summed E-state index contributed by atoms with van der Waals surface area (Å²) in [4.78, 5) is 27.1. The molecule has 0 radical (unpaired) electrons. The van der Waals surface area contributed by atoms with Crippen LogP contribution in [-0.4, -0.2) is 24.4 Å². The Balaban J connectivity index is 1.61. The second-order valence-electron chi connectivity index (χ2n) is 5.07. The van der Waals surface area contributed by atoms with E-state index >= 15 is 0 Å². The molecule has 2 aromatic rings. The maximum Gasteiger partial charge on any atom is 0.292 e. The molecule has 108 valence electrons. The Hall–Kier alpha value is -1.98. The number of nitrogens with two attached hydrogens (primary N) is 1. The Kier molecular flexibility index (Phi) is 4.13. The van der Waals surface area contributed by atoms with Gasteiger partial charge >= 0.3 is 0 Å². The molecule has 1 fully saturated rings. The van der Waals surface area contributed by atoms with Gasteiger partial charge in [-0.1, -0.05) is 24.3 Å². The zero-order valence-corrected chi connectivity index (χ0v) is 12.4. The van der Waals surface area contributed by atoms with Crippen molar-refractivity contribution in [1.82, 2.24) is 0 Å². The van der Waals surface area contributed by atoms with Gasteiger partial charge in [0.1, 0.15) is 0 Å². The van der Waals surface area contributed by atoms with Crippen LogP contribution >= 0.6 is 11.3 Å². The number of anilines is 1. The van der Waals surface area contributed by atoms with E-state index in [0.29, 0.717) is 5.69 Å². The third-order valence-corrected chi connectivity index (χ3v) is 4.55. The standard InChI is InChI=1S/C16H16N2O2S/c19-15-11-14(17-9-8-13-7-4-10-21-13)16(20)18(15)12-5-2-1-3-6-12/h1-7,10,14,17H,8-9,11H2/p+1/t14-/m0/s1. The molecule has 0 unspecified atom stereocenters. The molecule has 21 heavy (non-hydrogen) atoms. The van der Waals surface area contributed by atoms with E-state index in [1.807, 2.05) is 29.6 Å². The van der Waals surface area contributed by atoms with Crippen molar-refractivity contribution in [3.8, 4) is 0 Å². The highest BCUT2D eigenvalue weighted by atomic mass is 32.1. The topological polar surface area (TPSA) is 54.0 Å². The SMILES string of the molecule is O=C1C[C@H]([NH2+]CCc2cccs2)C(=O)N1c1ccccc1. The first-order valence-electron chi connectivity index (χ1n) is 7.03. The first-order valence-corrected chi connectivity index (χ1v) is 7.91. The number of hydrogen-bond acceptors (Lipinski definition) is 3. The molecule has 1 aliphatic rings. The van der Waals surface area contributed by atoms with Crippen LogP contribution < -0.4 is 10.2 Å². The molecule has 1 aromatic heterocycles. The quantitative estimate of drug-likeness (QED) is 0.843. The largest absolute Gasteiger partial charge is 0.335 e. The molecule has 0 aliphatic carbocycles. The molecule has 1 saturated heterocycles. The van der Waals surface area contributed by atoms with E-state index in [0.717, 1.165) is 13.0 Å². The van der Waals surface area contributed by atoms with Crippen molar-refractivity contribution in [3.63, 3.8) is 0 Å². The van der Waals surface area contributed by atoms with Crippen LogP contribution in [0.15, 0.2) is 47.8 Å². The molecule has 4 nitrogen and oxygen atoms in total. The van der Waals surface area contributed by atoms with Gasteiger partial charge in [-0.15, -0.1) is 11.3 Å². The lowest BCUT2D eigenvalue weighted by atomic mass is 10.2. The van der Waals surface area contributed by atoms with Crippen LogP contribution in [0, 0.1) is 0 Å². The number of carbonyl (C=O) groups is 2. The lowest BCUT2D eigenvalue weighted by Gasteiger charge is -2.13. The molecule has 2 amide bonds. The van der Waals surface area contributed by atoms with Crippen molar-refractivity contribution in [2.45, 2.75) is 18.9 Å². The fourth-order valence-electron chi connectivity index (χ4n) is 2.57. The number of amides is 2. The fraction of sp³-hybridized carbons (Fsp3) is 0.250. The highest BCUT2D eigenvalue weighted by Crippen LogP contribution is 2.20. The van der Waals surface area contributed by atoms with E-state index in [1.54, 1.807) is 23.5 Å². The van der Waals surface area contributed by atoms with E-state index in [1.165, 1.54) is 9.78 Å². The van der Waals surface area contributed by atoms with E-state index in [4.69, 9.17) is 0 Å². The van der Waals surface area contributed by atoms with Gasteiger partial charge in [-0.05, 0) is 23.6 Å². The number of hydrogen-bond donors (Lipinski definition) is 1. The first kappa shape index (κ1) is 14.0. The van der Waals surface area contributed by atoms with Crippen LogP contribution in [0.1, 0.15) is 11.3 Å². The molecule has 0 saturated carbocycles. The third-order valence-electron chi connectivity index (χ3n) is 3.62. The summed E-state index contributed by atoms with van der Waals surface area (Å²) in [7, 11) is 0. The van der Waals surface area contributed by atoms with Crippen LogP contribution in [0.3, 0.4) is 0 Å². The van der Waals surface area contributed by atoms with Crippen LogP contribution in [-0.2, 0) is 16.0 Å². The average molecular weight is 301 g/mol. The predicted molar refractivity (Wildman–Crippen MR) is 82.2 cm³/mol. The van der Waals surface area contributed by atoms with Crippen LogP contribution in [0.4, 0.5) is 5.69 Å². The zero-order valence-electron chi connectivity index (χ0n) is 11.6. The molecule has 2 heterocycles. The van der Waals surface area contributed by atoms with Gasteiger partial charge in [0.05, 0.1) is 18.7 Å². The molecule has 1 aromatic carbocycles. The van der Waals surface area contributed by atoms with Gasteiger partial charge in [-0.2, -0.15) is 0 Å². The second kappa shape index (κ2) is 6.20. The van der Waals surface area contributed by atoms with Crippen LogP contribution in [0.25, 0.3) is 0 Å². The smallest absolute Gasteiger partial charge is 0.292 e. The van der Waals surface area contributed by atoms with E-state index < -0.39 is 0 Å². The second-order valence-corrected chi connectivity index (χ2v) is 6.10. The highest BCUT2D eigenvalue weighted by Gasteiger charge is 2.41. The lowest BCUT2D eigenvalue weighted by Crippen LogP contribution is -2.92. The number of benzene rings is 1. The third kappa shape index (κ3) is 3.04. The molecular formula is C16H17N2O2S+. The Labute approximate surface area is 127 Å². The average Bonchev–Trinajstić information content (AvgIpc) is 3.09. The number of rotatable bonds is 5. The van der Waals surface area contributed by atoms with E-state index in [2.05, 4.69) is 11.4 Å². The van der Waals surface area contributed by atoms with Gasteiger partial charge in [0.15, 0.2) is 6.04 Å². The Bertz CT molecular complexity index is 625. The molecule has 1 aliphatic heterocycles. The van der Waals surface area contributed by atoms with Gasteiger partial charge in [-0.3, -0.25) is 9.59 Å². The molecule has 0 bridgehead atoms. The summed E-state index contributed by atoms with van der Waals surface area (Å²) in [6.45, 7) is 0.826. The van der Waals surface area contributed by atoms with Gasteiger partial charge < -0.3 is 5.32 Å². The summed E-state index contributed by atoms with van der Waals surface area (Å²) in [6.07, 6.45) is 1.22. The number of imide groups is 1. The van der Waals surface area contributed by atoms with Gasteiger partial charge in [0.2, 0.25) is 5.91 Å². The van der Waals surface area contributed by atoms with Crippen molar-refractivity contribution in [2.75, 3.05) is 11.4 Å². The van der Waals surface area contributed by atoms with Crippen molar-refractivity contribution in [1.29, 1.82) is 0 Å². The molecule has 0 spiro atoms.